The summed E-state index contributed by atoms with van der Waals surface area (Å²) in [5.41, 5.74) is 0. The van der Waals surface area contributed by atoms with Crippen LogP contribution in [0.2, 0.25) is 0 Å². The van der Waals surface area contributed by atoms with E-state index in [4.69, 9.17) is 4.74 Å². The standard InChI is InChI=1S/C14H25NO2/c1-11-5-6-14(16)12(8-11)9-15-7-3-4-13(10-15)17-2/h11-13H,3-10H2,1-2H3. The van der Waals surface area contributed by atoms with E-state index in [1.165, 1.54) is 12.8 Å². The van der Waals surface area contributed by atoms with Crippen LogP contribution in [0.5, 0.6) is 0 Å². The highest BCUT2D eigenvalue weighted by Gasteiger charge is 2.29. The maximum atomic E-state index is 11.9. The summed E-state index contributed by atoms with van der Waals surface area (Å²) in [4.78, 5) is 14.3. The zero-order valence-corrected chi connectivity index (χ0v) is 11.2. The van der Waals surface area contributed by atoms with Crippen LogP contribution in [0.4, 0.5) is 0 Å². The third-order valence-electron chi connectivity index (χ3n) is 4.30. The quantitative estimate of drug-likeness (QED) is 0.755. The van der Waals surface area contributed by atoms with Gasteiger partial charge in [-0.05, 0) is 38.1 Å². The molecule has 2 fully saturated rings. The van der Waals surface area contributed by atoms with Crippen molar-refractivity contribution in [2.24, 2.45) is 11.8 Å². The summed E-state index contributed by atoms with van der Waals surface area (Å²) >= 11 is 0. The van der Waals surface area contributed by atoms with E-state index in [0.29, 0.717) is 11.9 Å². The summed E-state index contributed by atoms with van der Waals surface area (Å²) in [5, 5.41) is 0. The smallest absolute Gasteiger partial charge is 0.137 e. The fourth-order valence-corrected chi connectivity index (χ4v) is 3.19. The second kappa shape index (κ2) is 5.96. The molecule has 1 aliphatic carbocycles. The van der Waals surface area contributed by atoms with E-state index in [0.717, 1.165) is 44.8 Å². The molecule has 0 N–H and O–H groups in total. The summed E-state index contributed by atoms with van der Waals surface area (Å²) in [6.07, 6.45) is 5.73. The molecule has 3 heteroatoms. The predicted molar refractivity (Wildman–Crippen MR) is 68.0 cm³/mol. The maximum Gasteiger partial charge on any atom is 0.137 e. The Balaban J connectivity index is 1.84. The van der Waals surface area contributed by atoms with E-state index < -0.39 is 0 Å². The lowest BCUT2D eigenvalue weighted by molar-refractivity contribution is -0.126. The molecule has 0 amide bonds. The Morgan fingerprint density at radius 3 is 3.00 bits per heavy atom. The van der Waals surface area contributed by atoms with E-state index in [1.54, 1.807) is 7.11 Å². The average Bonchev–Trinajstić information content (AvgIpc) is 2.34. The third-order valence-corrected chi connectivity index (χ3v) is 4.30. The summed E-state index contributed by atoms with van der Waals surface area (Å²) in [7, 11) is 1.79. The first-order valence-electron chi connectivity index (χ1n) is 6.97. The molecule has 0 bridgehead atoms. The number of Topliss-reactive ketones (excluding diaryl/α,β-unsaturated/α-hetero) is 1. The molecule has 3 unspecified atom stereocenters. The number of piperidine rings is 1. The van der Waals surface area contributed by atoms with Gasteiger partial charge in [-0.1, -0.05) is 6.92 Å². The zero-order valence-electron chi connectivity index (χ0n) is 11.2. The molecule has 0 aromatic carbocycles. The van der Waals surface area contributed by atoms with E-state index in [1.807, 2.05) is 0 Å². The van der Waals surface area contributed by atoms with Crippen LogP contribution in [0.15, 0.2) is 0 Å². The Labute approximate surface area is 105 Å². The Hall–Kier alpha value is -0.410. The fourth-order valence-electron chi connectivity index (χ4n) is 3.19. The van der Waals surface area contributed by atoms with Crippen LogP contribution in [-0.2, 0) is 9.53 Å². The van der Waals surface area contributed by atoms with Gasteiger partial charge in [0.25, 0.3) is 0 Å². The Bertz CT molecular complexity index is 267. The Kier molecular flexibility index (Phi) is 4.57. The second-order valence-corrected chi connectivity index (χ2v) is 5.80. The summed E-state index contributed by atoms with van der Waals surface area (Å²) < 4.78 is 5.43. The number of carbonyl (C=O) groups is 1. The van der Waals surface area contributed by atoms with Gasteiger partial charge in [0.1, 0.15) is 5.78 Å². The molecule has 1 aliphatic heterocycles. The molecule has 3 nitrogen and oxygen atoms in total. The van der Waals surface area contributed by atoms with Crippen LogP contribution in [0.25, 0.3) is 0 Å². The van der Waals surface area contributed by atoms with Gasteiger partial charge < -0.3 is 9.64 Å². The van der Waals surface area contributed by atoms with Crippen molar-refractivity contribution in [2.45, 2.75) is 45.1 Å². The summed E-state index contributed by atoms with van der Waals surface area (Å²) in [6, 6.07) is 0. The minimum absolute atomic E-state index is 0.286. The predicted octanol–water partition coefficient (Wildman–Crippen LogP) is 2.10. The fraction of sp³-hybridized carbons (Fsp3) is 0.929. The molecule has 98 valence electrons. The van der Waals surface area contributed by atoms with Gasteiger partial charge in [0.05, 0.1) is 6.10 Å². The SMILES string of the molecule is COC1CCCN(CC2CC(C)CCC2=O)C1. The summed E-state index contributed by atoms with van der Waals surface area (Å²) in [6.45, 7) is 5.38. The minimum atomic E-state index is 0.286. The molecule has 2 rings (SSSR count). The molecule has 0 radical (unpaired) electrons. The number of hydrogen-bond donors (Lipinski definition) is 0. The van der Waals surface area contributed by atoms with Crippen molar-refractivity contribution < 1.29 is 9.53 Å². The molecule has 3 atom stereocenters. The first kappa shape index (κ1) is 13.0. The van der Waals surface area contributed by atoms with Crippen molar-refractivity contribution in [1.82, 2.24) is 4.90 Å². The van der Waals surface area contributed by atoms with Crippen LogP contribution < -0.4 is 0 Å². The topological polar surface area (TPSA) is 29.5 Å². The number of hydrogen-bond acceptors (Lipinski definition) is 3. The Morgan fingerprint density at radius 2 is 2.24 bits per heavy atom. The van der Waals surface area contributed by atoms with Gasteiger partial charge in [-0.3, -0.25) is 4.79 Å². The van der Waals surface area contributed by atoms with Crippen LogP contribution >= 0.6 is 0 Å². The van der Waals surface area contributed by atoms with E-state index >= 15 is 0 Å². The van der Waals surface area contributed by atoms with E-state index in [2.05, 4.69) is 11.8 Å². The first-order chi connectivity index (χ1) is 8.19. The van der Waals surface area contributed by atoms with Gasteiger partial charge in [0.15, 0.2) is 0 Å². The largest absolute Gasteiger partial charge is 0.380 e. The second-order valence-electron chi connectivity index (χ2n) is 5.80. The van der Waals surface area contributed by atoms with Crippen LogP contribution in [0.1, 0.15) is 39.0 Å². The third kappa shape index (κ3) is 3.52. The van der Waals surface area contributed by atoms with E-state index in [-0.39, 0.29) is 5.92 Å². The number of carbonyl (C=O) groups excluding carboxylic acids is 1. The van der Waals surface area contributed by atoms with Crippen molar-refractivity contribution in [3.63, 3.8) is 0 Å². The van der Waals surface area contributed by atoms with Gasteiger partial charge >= 0.3 is 0 Å². The van der Waals surface area contributed by atoms with Gasteiger partial charge in [-0.2, -0.15) is 0 Å². The normalized spacial score (nSPS) is 36.1. The average molecular weight is 239 g/mol. The van der Waals surface area contributed by atoms with Crippen molar-refractivity contribution in [3.05, 3.63) is 0 Å². The molecule has 0 aromatic rings. The summed E-state index contributed by atoms with van der Waals surface area (Å²) in [5.74, 6) is 1.50. The monoisotopic (exact) mass is 239 g/mol. The minimum Gasteiger partial charge on any atom is -0.380 e. The lowest BCUT2D eigenvalue weighted by atomic mass is 9.81. The number of nitrogens with zero attached hydrogens (tertiary/aromatic N) is 1. The molecular formula is C14H25NO2. The van der Waals surface area contributed by atoms with Crippen molar-refractivity contribution in [2.75, 3.05) is 26.7 Å². The molecular weight excluding hydrogens is 214 g/mol. The van der Waals surface area contributed by atoms with Crippen LogP contribution in [0, 0.1) is 11.8 Å². The lowest BCUT2D eigenvalue weighted by Crippen LogP contribution is -2.44. The van der Waals surface area contributed by atoms with Crippen molar-refractivity contribution in [3.8, 4) is 0 Å². The van der Waals surface area contributed by atoms with Gasteiger partial charge in [-0.25, -0.2) is 0 Å². The highest BCUT2D eigenvalue weighted by atomic mass is 16.5. The number of methoxy groups -OCH3 is 1. The molecule has 2 aliphatic rings. The van der Waals surface area contributed by atoms with Crippen molar-refractivity contribution in [1.29, 1.82) is 0 Å². The Morgan fingerprint density at radius 1 is 1.41 bits per heavy atom. The van der Waals surface area contributed by atoms with Gasteiger partial charge in [0.2, 0.25) is 0 Å². The lowest BCUT2D eigenvalue weighted by Gasteiger charge is -2.35. The van der Waals surface area contributed by atoms with E-state index in [9.17, 15) is 4.79 Å². The first-order valence-corrected chi connectivity index (χ1v) is 6.97. The van der Waals surface area contributed by atoms with Gasteiger partial charge in [0, 0.05) is 32.5 Å². The molecule has 1 saturated carbocycles. The number of ketones is 1. The van der Waals surface area contributed by atoms with Gasteiger partial charge in [-0.15, -0.1) is 0 Å². The zero-order chi connectivity index (χ0) is 12.3. The molecule has 0 aromatic heterocycles. The number of rotatable bonds is 3. The maximum absolute atomic E-state index is 11.9. The van der Waals surface area contributed by atoms with Crippen molar-refractivity contribution >= 4 is 5.78 Å². The van der Waals surface area contributed by atoms with Crippen LogP contribution in [0.3, 0.4) is 0 Å². The van der Waals surface area contributed by atoms with Crippen LogP contribution in [-0.4, -0.2) is 43.5 Å². The highest BCUT2D eigenvalue weighted by Crippen LogP contribution is 2.27. The number of ether oxygens (including phenoxy) is 1. The molecule has 1 saturated heterocycles. The number of likely N-dealkylation sites (tertiary alicyclic amines) is 1. The highest BCUT2D eigenvalue weighted by molar-refractivity contribution is 5.81. The molecule has 0 spiro atoms. The molecule has 17 heavy (non-hydrogen) atoms. The molecule has 1 heterocycles.